The average molecular weight is 358 g/mol. The third-order valence-electron chi connectivity index (χ3n) is 2.37. The molecule has 88 valence electrons. The van der Waals surface area contributed by atoms with Crippen LogP contribution in [0.15, 0.2) is 39.4 Å². The van der Waals surface area contributed by atoms with Gasteiger partial charge in [-0.3, -0.25) is 9.48 Å². The Labute approximate surface area is 116 Å². The highest BCUT2D eigenvalue weighted by molar-refractivity contribution is 9.11. The van der Waals surface area contributed by atoms with Crippen LogP contribution in [0, 0.1) is 0 Å². The quantitative estimate of drug-likeness (QED) is 0.785. The zero-order valence-corrected chi connectivity index (χ0v) is 12.3. The number of hydrogen-bond acceptors (Lipinski definition) is 2. The van der Waals surface area contributed by atoms with Crippen LogP contribution < -0.4 is 0 Å². The molecule has 0 aliphatic carbocycles. The number of hydrogen-bond donors (Lipinski definition) is 0. The van der Waals surface area contributed by atoms with Gasteiger partial charge >= 0.3 is 0 Å². The maximum absolute atomic E-state index is 12.3. The van der Waals surface area contributed by atoms with Gasteiger partial charge in [0.1, 0.15) is 5.69 Å². The van der Waals surface area contributed by atoms with Crippen LogP contribution in [0.1, 0.15) is 23.0 Å². The Morgan fingerprint density at radius 1 is 1.29 bits per heavy atom. The largest absolute Gasteiger partial charge is 0.287 e. The molecule has 0 fully saturated rings. The molecular formula is C12H10Br2N2O. The SMILES string of the molecule is CCn1nccc1C(=O)c1cc(Br)cc(Br)c1. The minimum Gasteiger partial charge on any atom is -0.287 e. The smallest absolute Gasteiger partial charge is 0.211 e. The van der Waals surface area contributed by atoms with Gasteiger partial charge in [-0.25, -0.2) is 0 Å². The van der Waals surface area contributed by atoms with E-state index < -0.39 is 0 Å². The second kappa shape index (κ2) is 5.14. The van der Waals surface area contributed by atoms with Gasteiger partial charge in [-0.05, 0) is 31.2 Å². The first-order valence-electron chi connectivity index (χ1n) is 5.14. The number of carbonyl (C=O) groups is 1. The lowest BCUT2D eigenvalue weighted by atomic mass is 10.1. The number of aryl methyl sites for hydroxylation is 1. The van der Waals surface area contributed by atoms with Crippen molar-refractivity contribution in [2.24, 2.45) is 0 Å². The number of carbonyl (C=O) groups excluding carboxylic acids is 1. The van der Waals surface area contributed by atoms with Gasteiger partial charge in [-0.1, -0.05) is 31.9 Å². The van der Waals surface area contributed by atoms with Crippen molar-refractivity contribution in [2.75, 3.05) is 0 Å². The molecule has 0 unspecified atom stereocenters. The lowest BCUT2D eigenvalue weighted by Gasteiger charge is -2.05. The first-order chi connectivity index (χ1) is 8.11. The first-order valence-corrected chi connectivity index (χ1v) is 6.73. The molecule has 0 aliphatic heterocycles. The molecule has 3 nitrogen and oxygen atoms in total. The summed E-state index contributed by atoms with van der Waals surface area (Å²) in [5.41, 5.74) is 1.25. The fourth-order valence-corrected chi connectivity index (χ4v) is 2.90. The summed E-state index contributed by atoms with van der Waals surface area (Å²) in [6, 6.07) is 7.24. The number of ketones is 1. The van der Waals surface area contributed by atoms with Crippen molar-refractivity contribution < 1.29 is 4.79 Å². The summed E-state index contributed by atoms with van der Waals surface area (Å²) in [4.78, 5) is 12.3. The number of nitrogens with zero attached hydrogens (tertiary/aromatic N) is 2. The van der Waals surface area contributed by atoms with Crippen LogP contribution in [0.3, 0.4) is 0 Å². The zero-order valence-electron chi connectivity index (χ0n) is 9.15. The first kappa shape index (κ1) is 12.5. The van der Waals surface area contributed by atoms with E-state index in [1.807, 2.05) is 13.0 Å². The summed E-state index contributed by atoms with van der Waals surface area (Å²) in [7, 11) is 0. The molecule has 0 saturated carbocycles. The molecule has 0 bridgehead atoms. The summed E-state index contributed by atoms with van der Waals surface area (Å²) >= 11 is 6.75. The van der Waals surface area contributed by atoms with Gasteiger partial charge in [-0.2, -0.15) is 5.10 Å². The monoisotopic (exact) mass is 356 g/mol. The fourth-order valence-electron chi connectivity index (χ4n) is 1.61. The van der Waals surface area contributed by atoms with Crippen LogP contribution in [0.25, 0.3) is 0 Å². The molecule has 5 heteroatoms. The van der Waals surface area contributed by atoms with Gasteiger partial charge in [0.25, 0.3) is 0 Å². The van der Waals surface area contributed by atoms with E-state index in [9.17, 15) is 4.79 Å². The maximum atomic E-state index is 12.3. The molecule has 17 heavy (non-hydrogen) atoms. The molecule has 2 rings (SSSR count). The van der Waals surface area contributed by atoms with E-state index in [0.717, 1.165) is 8.95 Å². The van der Waals surface area contributed by atoms with Crippen LogP contribution in [0.2, 0.25) is 0 Å². The number of halogens is 2. The summed E-state index contributed by atoms with van der Waals surface area (Å²) in [6.45, 7) is 2.64. The highest BCUT2D eigenvalue weighted by atomic mass is 79.9. The van der Waals surface area contributed by atoms with E-state index in [-0.39, 0.29) is 5.78 Å². The Hall–Kier alpha value is -0.940. The van der Waals surface area contributed by atoms with Crippen molar-refractivity contribution in [1.82, 2.24) is 9.78 Å². The third kappa shape index (κ3) is 2.66. The second-order valence-electron chi connectivity index (χ2n) is 3.52. The lowest BCUT2D eigenvalue weighted by Crippen LogP contribution is -2.10. The molecule has 0 radical (unpaired) electrons. The summed E-state index contributed by atoms with van der Waals surface area (Å²) in [6.07, 6.45) is 1.64. The molecule has 2 aromatic rings. The maximum Gasteiger partial charge on any atom is 0.211 e. The van der Waals surface area contributed by atoms with Gasteiger partial charge in [0.15, 0.2) is 0 Å². The summed E-state index contributed by atoms with van der Waals surface area (Å²) in [5.74, 6) is -0.0219. The number of rotatable bonds is 3. The lowest BCUT2D eigenvalue weighted by molar-refractivity contribution is 0.102. The predicted octanol–water partition coefficient (Wildman–Crippen LogP) is 3.66. The molecule has 1 heterocycles. The van der Waals surface area contributed by atoms with Crippen molar-refractivity contribution in [1.29, 1.82) is 0 Å². The predicted molar refractivity (Wildman–Crippen MR) is 73.2 cm³/mol. The van der Waals surface area contributed by atoms with Crippen molar-refractivity contribution in [3.63, 3.8) is 0 Å². The molecule has 0 saturated heterocycles. The van der Waals surface area contributed by atoms with Gasteiger partial charge in [0.2, 0.25) is 5.78 Å². The van der Waals surface area contributed by atoms with E-state index in [0.29, 0.717) is 17.8 Å². The average Bonchev–Trinajstić information content (AvgIpc) is 2.74. The number of benzene rings is 1. The second-order valence-corrected chi connectivity index (χ2v) is 5.35. The Morgan fingerprint density at radius 3 is 2.53 bits per heavy atom. The summed E-state index contributed by atoms with van der Waals surface area (Å²) in [5, 5.41) is 4.10. The van der Waals surface area contributed by atoms with E-state index in [4.69, 9.17) is 0 Å². The van der Waals surface area contributed by atoms with Crippen molar-refractivity contribution in [2.45, 2.75) is 13.5 Å². The molecular weight excluding hydrogens is 348 g/mol. The molecule has 0 spiro atoms. The van der Waals surface area contributed by atoms with Gasteiger partial charge in [-0.15, -0.1) is 0 Å². The van der Waals surface area contributed by atoms with Crippen LogP contribution in [0.4, 0.5) is 0 Å². The zero-order chi connectivity index (χ0) is 12.4. The highest BCUT2D eigenvalue weighted by Crippen LogP contribution is 2.22. The normalized spacial score (nSPS) is 10.5. The van der Waals surface area contributed by atoms with Crippen LogP contribution in [0.5, 0.6) is 0 Å². The van der Waals surface area contributed by atoms with E-state index in [2.05, 4.69) is 37.0 Å². The fraction of sp³-hybridized carbons (Fsp3) is 0.167. The van der Waals surface area contributed by atoms with Crippen molar-refractivity contribution in [3.05, 3.63) is 50.7 Å². The van der Waals surface area contributed by atoms with Gasteiger partial charge < -0.3 is 0 Å². The Morgan fingerprint density at radius 2 is 1.94 bits per heavy atom. The van der Waals surface area contributed by atoms with E-state index >= 15 is 0 Å². The number of aromatic nitrogens is 2. The standard InChI is InChI=1S/C12H10Br2N2O/c1-2-16-11(3-4-15-16)12(17)8-5-9(13)7-10(14)6-8/h3-7H,2H2,1H3. The van der Waals surface area contributed by atoms with Crippen LogP contribution in [-0.4, -0.2) is 15.6 Å². The minimum absolute atomic E-state index is 0.0219. The molecule has 1 aromatic carbocycles. The Kier molecular flexibility index (Phi) is 3.79. The van der Waals surface area contributed by atoms with Gasteiger partial charge in [0.05, 0.1) is 0 Å². The highest BCUT2D eigenvalue weighted by Gasteiger charge is 2.14. The van der Waals surface area contributed by atoms with Gasteiger partial charge in [0, 0.05) is 27.3 Å². The molecule has 0 aliphatic rings. The Balaban J connectivity index is 2.43. The topological polar surface area (TPSA) is 34.9 Å². The molecule has 1 aromatic heterocycles. The molecule has 0 amide bonds. The van der Waals surface area contributed by atoms with Crippen molar-refractivity contribution in [3.8, 4) is 0 Å². The van der Waals surface area contributed by atoms with Crippen molar-refractivity contribution >= 4 is 37.6 Å². The van der Waals surface area contributed by atoms with E-state index in [1.54, 1.807) is 29.1 Å². The summed E-state index contributed by atoms with van der Waals surface area (Å²) < 4.78 is 3.44. The van der Waals surface area contributed by atoms with Crippen LogP contribution in [-0.2, 0) is 6.54 Å². The minimum atomic E-state index is -0.0219. The van der Waals surface area contributed by atoms with Crippen LogP contribution >= 0.6 is 31.9 Å². The van der Waals surface area contributed by atoms with E-state index in [1.165, 1.54) is 0 Å². The third-order valence-corrected chi connectivity index (χ3v) is 3.29. The molecule has 0 atom stereocenters. The molecule has 0 N–H and O–H groups in total. The Bertz CT molecular complexity index is 543.